The highest BCUT2D eigenvalue weighted by Crippen LogP contribution is 2.27. The first-order valence-corrected chi connectivity index (χ1v) is 9.71. The molecule has 148 valence electrons. The number of benzene rings is 1. The second-order valence-corrected chi connectivity index (χ2v) is 7.16. The summed E-state index contributed by atoms with van der Waals surface area (Å²) in [7, 11) is 0. The van der Waals surface area contributed by atoms with Crippen molar-refractivity contribution in [2.24, 2.45) is 0 Å². The van der Waals surface area contributed by atoms with E-state index in [1.807, 2.05) is 0 Å². The van der Waals surface area contributed by atoms with Crippen molar-refractivity contribution in [3.05, 3.63) is 71.7 Å². The summed E-state index contributed by atoms with van der Waals surface area (Å²) < 4.78 is 13.3. The maximum absolute atomic E-state index is 13.3. The third kappa shape index (κ3) is 4.21. The Morgan fingerprint density at radius 1 is 1.03 bits per heavy atom. The zero-order chi connectivity index (χ0) is 20.9. The Hall–Kier alpha value is -3.97. The van der Waals surface area contributed by atoms with E-state index in [4.69, 9.17) is 10.2 Å². The van der Waals surface area contributed by atoms with Gasteiger partial charge in [0.05, 0.1) is 16.8 Å². The largest absolute Gasteiger partial charge is 0.366 e. The molecule has 1 fully saturated rings. The smallest absolute Gasteiger partial charge is 0.147 e. The minimum absolute atomic E-state index is 0.141. The molecule has 1 aromatic carbocycles. The summed E-state index contributed by atoms with van der Waals surface area (Å²) >= 11 is 0. The monoisotopic (exact) mass is 398 g/mol. The highest BCUT2D eigenvalue weighted by Gasteiger charge is 2.23. The molecule has 0 amide bonds. The quantitative estimate of drug-likeness (QED) is 0.712. The Kier molecular flexibility index (Phi) is 5.54. The fourth-order valence-corrected chi connectivity index (χ4v) is 3.60. The molecule has 1 unspecified atom stereocenters. The van der Waals surface area contributed by atoms with E-state index in [0.29, 0.717) is 29.2 Å². The van der Waals surface area contributed by atoms with Gasteiger partial charge in [-0.2, -0.15) is 10.5 Å². The zero-order valence-corrected chi connectivity index (χ0v) is 16.2. The van der Waals surface area contributed by atoms with Crippen LogP contribution in [-0.2, 0) is 0 Å². The molecule has 0 saturated carbocycles. The summed E-state index contributed by atoms with van der Waals surface area (Å²) in [5.74, 6) is 1.06. The molecule has 1 saturated heterocycles. The van der Waals surface area contributed by atoms with Gasteiger partial charge in [-0.05, 0) is 61.4 Å². The number of halogens is 1. The fourth-order valence-electron chi connectivity index (χ4n) is 3.60. The molecular formula is C23H19FN6. The molecule has 0 aliphatic carbocycles. The van der Waals surface area contributed by atoms with Crippen molar-refractivity contribution in [3.8, 4) is 23.4 Å². The molecule has 0 spiro atoms. The van der Waals surface area contributed by atoms with Gasteiger partial charge in [-0.25, -0.2) is 14.4 Å². The van der Waals surface area contributed by atoms with Gasteiger partial charge in [0.2, 0.25) is 0 Å². The molecular weight excluding hydrogens is 379 g/mol. The number of nitrogens with one attached hydrogen (secondary N) is 1. The van der Waals surface area contributed by atoms with Gasteiger partial charge < -0.3 is 10.2 Å². The highest BCUT2D eigenvalue weighted by atomic mass is 19.1. The predicted molar refractivity (Wildman–Crippen MR) is 112 cm³/mol. The number of pyridine rings is 2. The summed E-state index contributed by atoms with van der Waals surface area (Å²) in [5, 5.41) is 21.9. The third-order valence-electron chi connectivity index (χ3n) is 5.10. The molecule has 30 heavy (non-hydrogen) atoms. The van der Waals surface area contributed by atoms with Crippen LogP contribution in [0.15, 0.2) is 54.7 Å². The van der Waals surface area contributed by atoms with Crippen molar-refractivity contribution in [2.75, 3.05) is 23.3 Å². The molecule has 1 aliphatic rings. The van der Waals surface area contributed by atoms with Gasteiger partial charge in [0.15, 0.2) is 0 Å². The van der Waals surface area contributed by atoms with Crippen LogP contribution in [-0.4, -0.2) is 29.1 Å². The summed E-state index contributed by atoms with van der Waals surface area (Å²) in [6.07, 6.45) is 3.46. The Balaban J connectivity index is 1.56. The average Bonchev–Trinajstić information content (AvgIpc) is 2.80. The van der Waals surface area contributed by atoms with Gasteiger partial charge in [0, 0.05) is 30.9 Å². The minimum Gasteiger partial charge on any atom is -0.366 e. The van der Waals surface area contributed by atoms with Gasteiger partial charge in [0.1, 0.15) is 29.6 Å². The summed E-state index contributed by atoms with van der Waals surface area (Å²) in [6.45, 7) is 1.48. The van der Waals surface area contributed by atoms with E-state index in [0.717, 1.165) is 30.8 Å². The highest BCUT2D eigenvalue weighted by molar-refractivity contribution is 5.65. The van der Waals surface area contributed by atoms with Crippen LogP contribution in [0.1, 0.15) is 24.0 Å². The first kappa shape index (κ1) is 19.4. The molecule has 3 aromatic rings. The van der Waals surface area contributed by atoms with Crippen LogP contribution in [0.2, 0.25) is 0 Å². The van der Waals surface area contributed by atoms with Gasteiger partial charge in [0.25, 0.3) is 0 Å². The number of hydrogen-bond acceptors (Lipinski definition) is 6. The Morgan fingerprint density at radius 2 is 1.87 bits per heavy atom. The van der Waals surface area contributed by atoms with Gasteiger partial charge in [-0.15, -0.1) is 0 Å². The van der Waals surface area contributed by atoms with Crippen molar-refractivity contribution in [3.63, 3.8) is 0 Å². The van der Waals surface area contributed by atoms with E-state index in [1.165, 1.54) is 12.1 Å². The number of nitrogens with zero attached hydrogens (tertiary/aromatic N) is 5. The van der Waals surface area contributed by atoms with E-state index in [-0.39, 0.29) is 11.9 Å². The van der Waals surface area contributed by atoms with E-state index >= 15 is 0 Å². The molecule has 1 aliphatic heterocycles. The molecule has 6 nitrogen and oxygen atoms in total. The lowest BCUT2D eigenvalue weighted by Crippen LogP contribution is -2.43. The molecule has 0 radical (unpaired) electrons. The molecule has 4 rings (SSSR count). The maximum Gasteiger partial charge on any atom is 0.147 e. The maximum atomic E-state index is 13.3. The van der Waals surface area contributed by atoms with Gasteiger partial charge in [-0.1, -0.05) is 0 Å². The van der Waals surface area contributed by atoms with E-state index < -0.39 is 0 Å². The van der Waals surface area contributed by atoms with Crippen LogP contribution in [0.25, 0.3) is 11.3 Å². The van der Waals surface area contributed by atoms with Crippen LogP contribution in [0, 0.1) is 28.5 Å². The van der Waals surface area contributed by atoms with Crippen LogP contribution >= 0.6 is 0 Å². The number of piperidine rings is 1. The van der Waals surface area contributed by atoms with E-state index in [9.17, 15) is 9.65 Å². The van der Waals surface area contributed by atoms with Crippen molar-refractivity contribution in [1.29, 1.82) is 10.5 Å². The van der Waals surface area contributed by atoms with Crippen molar-refractivity contribution in [1.82, 2.24) is 9.97 Å². The third-order valence-corrected chi connectivity index (χ3v) is 5.10. The van der Waals surface area contributed by atoms with Gasteiger partial charge in [-0.3, -0.25) is 0 Å². The second kappa shape index (κ2) is 8.59. The first-order chi connectivity index (χ1) is 14.7. The summed E-state index contributed by atoms with van der Waals surface area (Å²) in [6, 6.07) is 17.7. The Bertz CT molecular complexity index is 1110. The molecule has 3 heterocycles. The molecule has 1 N–H and O–H groups in total. The number of aromatic nitrogens is 2. The molecule has 1 atom stereocenters. The van der Waals surface area contributed by atoms with Crippen LogP contribution in [0.4, 0.5) is 16.0 Å². The van der Waals surface area contributed by atoms with Crippen LogP contribution in [0.5, 0.6) is 0 Å². The molecule has 7 heteroatoms. The predicted octanol–water partition coefficient (Wildman–Crippen LogP) is 4.11. The lowest BCUT2D eigenvalue weighted by atomic mass is 10.0. The van der Waals surface area contributed by atoms with Crippen LogP contribution in [0.3, 0.4) is 0 Å². The standard InChI is InChI=1S/C23H19FN6/c24-19-7-4-17(5-8-19)21-9-6-18(13-26)23(29-21)30-11-1-2-20(15-30)28-22-10-3-16(12-25)14-27-22/h3-10,14,20H,1-2,11,15H2,(H,27,28). The number of rotatable bonds is 4. The SMILES string of the molecule is N#Cc1ccc(NC2CCCN(c3nc(-c4ccc(F)cc4)ccc3C#N)C2)nc1. The topological polar surface area (TPSA) is 88.6 Å². The van der Waals surface area contributed by atoms with Crippen molar-refractivity contribution >= 4 is 11.6 Å². The average molecular weight is 398 g/mol. The molecule has 0 bridgehead atoms. The van der Waals surface area contributed by atoms with E-state index in [1.54, 1.807) is 42.6 Å². The Labute approximate surface area is 174 Å². The van der Waals surface area contributed by atoms with Gasteiger partial charge >= 0.3 is 0 Å². The number of anilines is 2. The minimum atomic E-state index is -0.297. The van der Waals surface area contributed by atoms with Crippen LogP contribution < -0.4 is 10.2 Å². The first-order valence-electron chi connectivity index (χ1n) is 9.71. The lowest BCUT2D eigenvalue weighted by Gasteiger charge is -2.34. The summed E-state index contributed by atoms with van der Waals surface area (Å²) in [5.41, 5.74) is 2.53. The van der Waals surface area contributed by atoms with Crippen molar-refractivity contribution < 1.29 is 4.39 Å². The summed E-state index contributed by atoms with van der Waals surface area (Å²) in [4.78, 5) is 11.1. The lowest BCUT2D eigenvalue weighted by molar-refractivity contribution is 0.525. The van der Waals surface area contributed by atoms with Crippen molar-refractivity contribution in [2.45, 2.75) is 18.9 Å². The number of hydrogen-bond donors (Lipinski definition) is 1. The Morgan fingerprint density at radius 3 is 2.57 bits per heavy atom. The normalized spacial score (nSPS) is 15.8. The van der Waals surface area contributed by atoms with E-state index in [2.05, 4.69) is 27.3 Å². The molecule has 2 aromatic heterocycles. The second-order valence-electron chi connectivity index (χ2n) is 7.16. The zero-order valence-electron chi connectivity index (χ0n) is 16.2. The number of nitriles is 2. The fraction of sp³-hybridized carbons (Fsp3) is 0.217.